The molecule has 2 rings (SSSR count). The minimum atomic E-state index is -0.566. The van der Waals surface area contributed by atoms with Crippen molar-refractivity contribution >= 4 is 17.5 Å². The van der Waals surface area contributed by atoms with Crippen LogP contribution in [0.15, 0.2) is 18.2 Å². The number of hydrogen-bond donors (Lipinski definition) is 1. The Morgan fingerprint density at radius 3 is 2.89 bits per heavy atom. The summed E-state index contributed by atoms with van der Waals surface area (Å²) in [5.41, 5.74) is 1.70. The molecule has 0 fully saturated rings. The second-order valence-electron chi connectivity index (χ2n) is 4.33. The third-order valence-electron chi connectivity index (χ3n) is 2.90. The summed E-state index contributed by atoms with van der Waals surface area (Å²) in [6.07, 6.45) is -0.566. The van der Waals surface area contributed by atoms with Gasteiger partial charge in [-0.2, -0.15) is 0 Å². The van der Waals surface area contributed by atoms with Crippen molar-refractivity contribution in [3.63, 3.8) is 0 Å². The van der Waals surface area contributed by atoms with Gasteiger partial charge in [-0.25, -0.2) is 0 Å². The molecule has 1 heterocycles. The average molecular weight is 248 g/mol. The van der Waals surface area contributed by atoms with Crippen molar-refractivity contribution in [1.29, 1.82) is 0 Å². The molecular formula is C13H16N2O3. The molecule has 0 bridgehead atoms. The molecule has 96 valence electrons. The molecule has 0 saturated heterocycles. The van der Waals surface area contributed by atoms with Crippen LogP contribution in [-0.2, 0) is 9.59 Å². The molecular weight excluding hydrogens is 232 g/mol. The number of aryl methyl sites for hydroxylation is 1. The van der Waals surface area contributed by atoms with Gasteiger partial charge in [-0.05, 0) is 31.5 Å². The lowest BCUT2D eigenvalue weighted by Crippen LogP contribution is -2.48. The van der Waals surface area contributed by atoms with E-state index in [9.17, 15) is 9.59 Å². The first-order chi connectivity index (χ1) is 8.52. The van der Waals surface area contributed by atoms with Gasteiger partial charge in [0, 0.05) is 7.05 Å². The zero-order valence-corrected chi connectivity index (χ0v) is 10.7. The molecule has 1 N–H and O–H groups in total. The molecule has 0 radical (unpaired) electrons. The summed E-state index contributed by atoms with van der Waals surface area (Å²) in [5, 5.41) is 2.52. The standard InChI is InChI=1S/C13H16N2O3/c1-8-4-5-10-11(6-8)18-9(2)13(17)15(10)7-12(16)14-3/h4-6,9H,7H2,1-3H3,(H,14,16)/t9-/m1/s1. The highest BCUT2D eigenvalue weighted by Gasteiger charge is 2.32. The first kappa shape index (κ1) is 12.4. The highest BCUT2D eigenvalue weighted by molar-refractivity contribution is 6.03. The zero-order valence-electron chi connectivity index (χ0n) is 10.7. The monoisotopic (exact) mass is 248 g/mol. The van der Waals surface area contributed by atoms with Crippen molar-refractivity contribution in [1.82, 2.24) is 5.32 Å². The van der Waals surface area contributed by atoms with Crippen molar-refractivity contribution in [2.75, 3.05) is 18.5 Å². The van der Waals surface area contributed by atoms with Gasteiger partial charge in [0.15, 0.2) is 6.10 Å². The van der Waals surface area contributed by atoms with Crippen LogP contribution in [0.1, 0.15) is 12.5 Å². The van der Waals surface area contributed by atoms with Crippen LogP contribution in [0.2, 0.25) is 0 Å². The Labute approximate surface area is 106 Å². The van der Waals surface area contributed by atoms with E-state index in [1.807, 2.05) is 19.1 Å². The van der Waals surface area contributed by atoms with E-state index in [1.165, 1.54) is 4.90 Å². The van der Waals surface area contributed by atoms with Crippen LogP contribution < -0.4 is 15.0 Å². The van der Waals surface area contributed by atoms with E-state index < -0.39 is 6.10 Å². The number of ether oxygens (including phenoxy) is 1. The molecule has 5 nitrogen and oxygen atoms in total. The SMILES string of the molecule is CNC(=O)CN1C(=O)[C@@H](C)Oc2cc(C)ccc21. The molecule has 0 unspecified atom stereocenters. The van der Waals surface area contributed by atoms with Crippen molar-refractivity contribution in [2.24, 2.45) is 0 Å². The number of carbonyl (C=O) groups is 2. The number of nitrogens with one attached hydrogen (secondary N) is 1. The number of hydrogen-bond acceptors (Lipinski definition) is 3. The van der Waals surface area contributed by atoms with Crippen LogP contribution in [0.5, 0.6) is 5.75 Å². The van der Waals surface area contributed by atoms with Gasteiger partial charge in [0.05, 0.1) is 5.69 Å². The lowest BCUT2D eigenvalue weighted by Gasteiger charge is -2.32. The molecule has 1 atom stereocenters. The Hall–Kier alpha value is -2.04. The molecule has 0 aromatic heterocycles. The van der Waals surface area contributed by atoms with Gasteiger partial charge in [0.2, 0.25) is 5.91 Å². The predicted octanol–water partition coefficient (Wildman–Crippen LogP) is 0.855. The Morgan fingerprint density at radius 1 is 1.50 bits per heavy atom. The van der Waals surface area contributed by atoms with Gasteiger partial charge in [0.1, 0.15) is 12.3 Å². The Morgan fingerprint density at radius 2 is 2.22 bits per heavy atom. The summed E-state index contributed by atoms with van der Waals surface area (Å²) >= 11 is 0. The van der Waals surface area contributed by atoms with Crippen LogP contribution in [0.3, 0.4) is 0 Å². The molecule has 1 aromatic rings. The normalized spacial score (nSPS) is 18.1. The number of likely N-dealkylation sites (N-methyl/N-ethyl adjacent to an activating group) is 1. The Bertz CT molecular complexity index is 499. The molecule has 0 spiro atoms. The van der Waals surface area contributed by atoms with Crippen molar-refractivity contribution < 1.29 is 14.3 Å². The summed E-state index contributed by atoms with van der Waals surface area (Å²) in [6.45, 7) is 3.65. The van der Waals surface area contributed by atoms with Crippen molar-refractivity contribution in [3.8, 4) is 5.75 Å². The summed E-state index contributed by atoms with van der Waals surface area (Å²) < 4.78 is 5.55. The summed E-state index contributed by atoms with van der Waals surface area (Å²) in [5.74, 6) is 0.241. The quantitative estimate of drug-likeness (QED) is 0.844. The second kappa shape index (κ2) is 4.68. The number of anilines is 1. The van der Waals surface area contributed by atoms with E-state index in [4.69, 9.17) is 4.74 Å². The first-order valence-corrected chi connectivity index (χ1v) is 5.82. The first-order valence-electron chi connectivity index (χ1n) is 5.82. The highest BCUT2D eigenvalue weighted by atomic mass is 16.5. The van der Waals surface area contributed by atoms with Gasteiger partial charge in [-0.1, -0.05) is 6.07 Å². The highest BCUT2D eigenvalue weighted by Crippen LogP contribution is 2.34. The van der Waals surface area contributed by atoms with Crippen molar-refractivity contribution in [2.45, 2.75) is 20.0 Å². The lowest BCUT2D eigenvalue weighted by atomic mass is 10.1. The fourth-order valence-corrected chi connectivity index (χ4v) is 1.90. The maximum atomic E-state index is 12.0. The van der Waals surface area contributed by atoms with E-state index in [-0.39, 0.29) is 18.4 Å². The minimum absolute atomic E-state index is 0.0130. The maximum absolute atomic E-state index is 12.0. The smallest absolute Gasteiger partial charge is 0.268 e. The fraction of sp³-hybridized carbons (Fsp3) is 0.385. The minimum Gasteiger partial charge on any atom is -0.479 e. The number of fused-ring (bicyclic) bond motifs is 1. The van der Waals surface area contributed by atoms with E-state index in [0.717, 1.165) is 5.56 Å². The topological polar surface area (TPSA) is 58.6 Å². The summed E-state index contributed by atoms with van der Waals surface area (Å²) in [6, 6.07) is 5.56. The molecule has 0 saturated carbocycles. The number of rotatable bonds is 2. The average Bonchev–Trinajstić information content (AvgIpc) is 2.34. The third-order valence-corrected chi connectivity index (χ3v) is 2.90. The van der Waals surface area contributed by atoms with Crippen molar-refractivity contribution in [3.05, 3.63) is 23.8 Å². The predicted molar refractivity (Wildman–Crippen MR) is 67.7 cm³/mol. The summed E-state index contributed by atoms with van der Waals surface area (Å²) in [4.78, 5) is 25.0. The maximum Gasteiger partial charge on any atom is 0.268 e. The largest absolute Gasteiger partial charge is 0.479 e. The van der Waals surface area contributed by atoms with Crippen LogP contribution in [0.25, 0.3) is 0 Å². The van der Waals surface area contributed by atoms with Gasteiger partial charge in [0.25, 0.3) is 5.91 Å². The zero-order chi connectivity index (χ0) is 13.3. The van der Waals surface area contributed by atoms with Gasteiger partial charge >= 0.3 is 0 Å². The lowest BCUT2D eigenvalue weighted by molar-refractivity contribution is -0.128. The molecule has 1 aliphatic rings. The van der Waals surface area contributed by atoms with E-state index in [2.05, 4.69) is 5.32 Å². The molecule has 1 aromatic carbocycles. The van der Waals surface area contributed by atoms with E-state index in [1.54, 1.807) is 20.0 Å². The molecule has 2 amide bonds. The van der Waals surface area contributed by atoms with Gasteiger partial charge in [-0.15, -0.1) is 0 Å². The summed E-state index contributed by atoms with van der Waals surface area (Å²) in [7, 11) is 1.55. The third kappa shape index (κ3) is 2.16. The fourth-order valence-electron chi connectivity index (χ4n) is 1.90. The Kier molecular flexibility index (Phi) is 3.23. The number of amides is 2. The van der Waals surface area contributed by atoms with Gasteiger partial charge in [-0.3, -0.25) is 14.5 Å². The van der Waals surface area contributed by atoms with Crippen LogP contribution in [0.4, 0.5) is 5.69 Å². The van der Waals surface area contributed by atoms with Gasteiger partial charge < -0.3 is 10.1 Å². The molecule has 18 heavy (non-hydrogen) atoms. The van der Waals surface area contributed by atoms with Crippen LogP contribution in [-0.4, -0.2) is 31.5 Å². The second-order valence-corrected chi connectivity index (χ2v) is 4.33. The number of carbonyl (C=O) groups excluding carboxylic acids is 2. The molecule has 1 aliphatic heterocycles. The van der Waals surface area contributed by atoms with E-state index in [0.29, 0.717) is 11.4 Å². The number of nitrogens with zero attached hydrogens (tertiary/aromatic N) is 1. The molecule has 5 heteroatoms. The van der Waals surface area contributed by atoms with Crippen LogP contribution >= 0.6 is 0 Å². The van der Waals surface area contributed by atoms with E-state index >= 15 is 0 Å². The molecule has 0 aliphatic carbocycles. The Balaban J connectivity index is 2.39. The number of benzene rings is 1. The van der Waals surface area contributed by atoms with Crippen LogP contribution in [0, 0.1) is 6.92 Å².